The molecule has 0 spiro atoms. The average molecular weight is 471 g/mol. The van der Waals surface area contributed by atoms with Gasteiger partial charge in [0.15, 0.2) is 0 Å². The number of nitrogens with zero attached hydrogens (tertiary/aromatic N) is 2. The maximum Gasteiger partial charge on any atom is 0.238 e. The van der Waals surface area contributed by atoms with Gasteiger partial charge in [-0.25, -0.2) is 0 Å². The maximum absolute atomic E-state index is 12.6. The third kappa shape index (κ3) is 5.41. The first-order valence-electron chi connectivity index (χ1n) is 9.58. The summed E-state index contributed by atoms with van der Waals surface area (Å²) in [5.41, 5.74) is 2.03. The van der Waals surface area contributed by atoms with Crippen molar-refractivity contribution in [2.75, 3.05) is 38.0 Å². The van der Waals surface area contributed by atoms with E-state index in [-0.39, 0.29) is 5.91 Å². The molecule has 26 heavy (non-hydrogen) atoms. The van der Waals surface area contributed by atoms with Crippen LogP contribution in [0.25, 0.3) is 0 Å². The Hall–Kier alpha value is -0.700. The van der Waals surface area contributed by atoms with Gasteiger partial charge in [0.05, 0.1) is 18.8 Å². The highest BCUT2D eigenvalue weighted by Crippen LogP contribution is 2.21. The summed E-state index contributed by atoms with van der Waals surface area (Å²) < 4.78 is 7.03. The highest BCUT2D eigenvalue weighted by Gasteiger charge is 2.30. The number of carbonyl (C=O) groups excluding carboxylic acids is 1. The Labute approximate surface area is 170 Å². The molecule has 0 radical (unpaired) electrons. The Morgan fingerprint density at radius 3 is 2.73 bits per heavy atom. The number of anilines is 1. The molecule has 0 saturated carbocycles. The van der Waals surface area contributed by atoms with E-state index in [4.69, 9.17) is 4.74 Å². The largest absolute Gasteiger partial charge is 0.373 e. The fraction of sp³-hybridized carbons (Fsp3) is 0.650. The molecule has 144 valence electrons. The van der Waals surface area contributed by atoms with E-state index >= 15 is 0 Å². The first kappa shape index (κ1) is 20.0. The zero-order chi connectivity index (χ0) is 18.7. The number of morpholine rings is 1. The number of halogens is 1. The molecule has 1 aromatic carbocycles. The minimum absolute atomic E-state index is 0.0879. The normalized spacial score (nSPS) is 27.6. The molecule has 3 rings (SSSR count). The number of hydrogen-bond donors (Lipinski definition) is 1. The van der Waals surface area contributed by atoms with Gasteiger partial charge in [-0.15, -0.1) is 0 Å². The number of aryl methyl sites for hydroxylation is 1. The summed E-state index contributed by atoms with van der Waals surface area (Å²) in [4.78, 5) is 17.4. The summed E-state index contributed by atoms with van der Waals surface area (Å²) in [7, 11) is 0. The van der Waals surface area contributed by atoms with Crippen LogP contribution in [0, 0.1) is 10.5 Å². The van der Waals surface area contributed by atoms with E-state index in [9.17, 15) is 4.79 Å². The number of likely N-dealkylation sites (tertiary alicyclic amines) is 1. The second kappa shape index (κ2) is 8.99. The zero-order valence-electron chi connectivity index (χ0n) is 16.0. The topological polar surface area (TPSA) is 44.8 Å². The van der Waals surface area contributed by atoms with Gasteiger partial charge in [-0.3, -0.25) is 14.6 Å². The number of ether oxygens (including phenoxy) is 1. The third-order valence-corrected chi connectivity index (χ3v) is 5.94. The van der Waals surface area contributed by atoms with Gasteiger partial charge < -0.3 is 10.1 Å². The van der Waals surface area contributed by atoms with Crippen molar-refractivity contribution in [2.24, 2.45) is 0 Å². The second-order valence-corrected chi connectivity index (χ2v) is 9.00. The van der Waals surface area contributed by atoms with E-state index in [1.54, 1.807) is 0 Å². The minimum atomic E-state index is 0.0879. The Morgan fingerprint density at radius 2 is 2.04 bits per heavy atom. The number of nitrogens with one attached hydrogen (secondary N) is 1. The molecule has 0 bridgehead atoms. The lowest BCUT2D eigenvalue weighted by molar-refractivity contribution is -0.117. The first-order valence-corrected chi connectivity index (χ1v) is 10.7. The molecule has 6 heteroatoms. The van der Waals surface area contributed by atoms with Crippen LogP contribution in [0.2, 0.25) is 0 Å². The van der Waals surface area contributed by atoms with Crippen molar-refractivity contribution in [3.63, 3.8) is 0 Å². The number of carbonyl (C=O) groups is 1. The lowest BCUT2D eigenvalue weighted by Crippen LogP contribution is -2.50. The van der Waals surface area contributed by atoms with Crippen LogP contribution in [-0.2, 0) is 9.53 Å². The second-order valence-electron chi connectivity index (χ2n) is 7.75. The highest BCUT2D eigenvalue weighted by molar-refractivity contribution is 14.1. The van der Waals surface area contributed by atoms with Crippen molar-refractivity contribution in [1.29, 1.82) is 0 Å². The van der Waals surface area contributed by atoms with E-state index in [1.165, 1.54) is 16.4 Å². The minimum Gasteiger partial charge on any atom is -0.373 e. The zero-order valence-corrected chi connectivity index (χ0v) is 18.2. The van der Waals surface area contributed by atoms with E-state index in [0.717, 1.165) is 37.4 Å². The Morgan fingerprint density at radius 1 is 1.31 bits per heavy atom. The Balaban J connectivity index is 1.53. The molecule has 2 aliphatic rings. The molecule has 3 atom stereocenters. The molecule has 1 amide bonds. The molecule has 3 unspecified atom stereocenters. The van der Waals surface area contributed by atoms with Gasteiger partial charge in [0, 0.05) is 34.9 Å². The van der Waals surface area contributed by atoms with Crippen molar-refractivity contribution in [3.05, 3.63) is 27.3 Å². The summed E-state index contributed by atoms with van der Waals surface area (Å²) >= 11 is 2.29. The van der Waals surface area contributed by atoms with Gasteiger partial charge in [-0.2, -0.15) is 0 Å². The van der Waals surface area contributed by atoms with Crippen LogP contribution in [0.1, 0.15) is 32.3 Å². The number of benzene rings is 1. The SMILES string of the molecule is Cc1cc(I)ccc1NC(=O)CN1CCCC1CN1CC(C)OC(C)C1. The van der Waals surface area contributed by atoms with Crippen LogP contribution >= 0.6 is 22.6 Å². The molecule has 0 aromatic heterocycles. The predicted octanol–water partition coefficient (Wildman–Crippen LogP) is 3.11. The van der Waals surface area contributed by atoms with E-state index in [2.05, 4.69) is 57.6 Å². The lowest BCUT2D eigenvalue weighted by atomic mass is 10.1. The summed E-state index contributed by atoms with van der Waals surface area (Å²) in [6.45, 7) is 10.8. The van der Waals surface area contributed by atoms with Gasteiger partial charge in [0.25, 0.3) is 0 Å². The van der Waals surface area contributed by atoms with E-state index < -0.39 is 0 Å². The molecule has 1 aromatic rings. The van der Waals surface area contributed by atoms with Crippen LogP contribution in [0.15, 0.2) is 18.2 Å². The van der Waals surface area contributed by atoms with Gasteiger partial charge in [-0.05, 0) is 86.5 Å². The summed E-state index contributed by atoms with van der Waals surface area (Å²) in [5, 5.41) is 3.09. The molecule has 5 nitrogen and oxygen atoms in total. The maximum atomic E-state index is 12.6. The molecule has 2 saturated heterocycles. The third-order valence-electron chi connectivity index (χ3n) is 5.27. The summed E-state index contributed by atoms with van der Waals surface area (Å²) in [5.74, 6) is 0.0879. The highest BCUT2D eigenvalue weighted by atomic mass is 127. The average Bonchev–Trinajstić information content (AvgIpc) is 2.96. The van der Waals surface area contributed by atoms with Gasteiger partial charge >= 0.3 is 0 Å². The molecule has 2 aliphatic heterocycles. The van der Waals surface area contributed by atoms with Crippen LogP contribution < -0.4 is 5.32 Å². The number of hydrogen-bond acceptors (Lipinski definition) is 4. The van der Waals surface area contributed by atoms with Crippen LogP contribution in [0.4, 0.5) is 5.69 Å². The predicted molar refractivity (Wildman–Crippen MR) is 114 cm³/mol. The fourth-order valence-corrected chi connectivity index (χ4v) is 4.83. The molecule has 2 fully saturated rings. The van der Waals surface area contributed by atoms with Crippen molar-refractivity contribution in [1.82, 2.24) is 9.80 Å². The smallest absolute Gasteiger partial charge is 0.238 e. The lowest BCUT2D eigenvalue weighted by Gasteiger charge is -2.38. The van der Waals surface area contributed by atoms with E-state index in [0.29, 0.717) is 24.8 Å². The standard InChI is InChI=1S/C20H30IN3O2/c1-14-9-17(21)6-7-19(14)22-20(25)13-24-8-4-5-18(24)12-23-10-15(2)26-16(3)11-23/h6-7,9,15-16,18H,4-5,8,10-13H2,1-3H3,(H,22,25). The van der Waals surface area contributed by atoms with Gasteiger partial charge in [-0.1, -0.05) is 0 Å². The molecule has 2 heterocycles. The van der Waals surface area contributed by atoms with Crippen molar-refractivity contribution in [2.45, 2.75) is 51.9 Å². The van der Waals surface area contributed by atoms with Crippen molar-refractivity contribution in [3.8, 4) is 0 Å². The van der Waals surface area contributed by atoms with Crippen LogP contribution in [0.5, 0.6) is 0 Å². The summed E-state index contributed by atoms with van der Waals surface area (Å²) in [6.07, 6.45) is 2.94. The van der Waals surface area contributed by atoms with Crippen molar-refractivity contribution < 1.29 is 9.53 Å². The van der Waals surface area contributed by atoms with E-state index in [1.807, 2.05) is 19.1 Å². The van der Waals surface area contributed by atoms with Gasteiger partial charge in [0.2, 0.25) is 5.91 Å². The fourth-order valence-electron chi connectivity index (χ4n) is 4.18. The Kier molecular flexibility index (Phi) is 6.93. The Bertz CT molecular complexity index is 629. The van der Waals surface area contributed by atoms with Crippen LogP contribution in [-0.4, -0.2) is 66.7 Å². The number of amides is 1. The first-order chi connectivity index (χ1) is 12.4. The quantitative estimate of drug-likeness (QED) is 0.671. The van der Waals surface area contributed by atoms with Gasteiger partial charge in [0.1, 0.15) is 0 Å². The number of rotatable bonds is 5. The van der Waals surface area contributed by atoms with Crippen LogP contribution in [0.3, 0.4) is 0 Å². The van der Waals surface area contributed by atoms with Crippen molar-refractivity contribution >= 4 is 34.2 Å². The summed E-state index contributed by atoms with van der Waals surface area (Å²) in [6, 6.07) is 6.58. The molecule has 1 N–H and O–H groups in total. The molecule has 0 aliphatic carbocycles. The molecular weight excluding hydrogens is 441 g/mol. The molecular formula is C20H30IN3O2. The monoisotopic (exact) mass is 471 g/mol.